The summed E-state index contributed by atoms with van der Waals surface area (Å²) in [5.41, 5.74) is 1.86. The predicted molar refractivity (Wildman–Crippen MR) is 86.3 cm³/mol. The van der Waals surface area contributed by atoms with Crippen LogP contribution in [-0.2, 0) is 4.79 Å². The van der Waals surface area contributed by atoms with Crippen LogP contribution in [0.2, 0.25) is 0 Å². The number of benzene rings is 1. The van der Waals surface area contributed by atoms with Crippen LogP contribution in [0.5, 0.6) is 0 Å². The molecule has 0 spiro atoms. The number of rotatable bonds is 6. The largest absolute Gasteiger partial charge is 0.396 e. The van der Waals surface area contributed by atoms with E-state index in [0.717, 1.165) is 37.2 Å². The third-order valence-corrected chi connectivity index (χ3v) is 4.00. The fraction of sp³-hybridized carbons (Fsp3) is 0.500. The molecule has 0 saturated carbocycles. The average Bonchev–Trinajstić information content (AvgIpc) is 3.04. The van der Waals surface area contributed by atoms with Crippen LogP contribution in [0, 0.1) is 5.92 Å². The first-order valence-corrected chi connectivity index (χ1v) is 7.58. The minimum absolute atomic E-state index is 0.226. The normalized spacial score (nSPS) is 17.4. The summed E-state index contributed by atoms with van der Waals surface area (Å²) in [5, 5.41) is 11.8. The lowest BCUT2D eigenvalue weighted by Gasteiger charge is -2.23. The van der Waals surface area contributed by atoms with E-state index in [1.807, 2.05) is 24.3 Å². The van der Waals surface area contributed by atoms with Crippen molar-refractivity contribution in [3.8, 4) is 0 Å². The topological polar surface area (TPSA) is 72.9 Å². The minimum Gasteiger partial charge on any atom is -0.396 e. The Bertz CT molecular complexity index is 504. The van der Waals surface area contributed by atoms with E-state index in [-0.39, 0.29) is 12.6 Å². The van der Waals surface area contributed by atoms with Gasteiger partial charge < -0.3 is 20.1 Å². The van der Waals surface area contributed by atoms with Gasteiger partial charge in [0.15, 0.2) is 0 Å². The number of nitrogens with zero attached hydrogens (tertiary/aromatic N) is 2. The summed E-state index contributed by atoms with van der Waals surface area (Å²) in [4.78, 5) is 26.2. The monoisotopic (exact) mass is 305 g/mol. The molecular formula is C16H23N3O3. The number of nitrogens with one attached hydrogen (secondary N) is 1. The number of aliphatic hydroxyl groups excluding tert-OH is 1. The maximum Gasteiger partial charge on any atom is 0.321 e. The van der Waals surface area contributed by atoms with Gasteiger partial charge in [-0.3, -0.25) is 4.90 Å². The smallest absolute Gasteiger partial charge is 0.321 e. The molecule has 1 heterocycles. The average molecular weight is 305 g/mol. The number of urea groups is 1. The summed E-state index contributed by atoms with van der Waals surface area (Å²) in [6, 6.07) is 7.51. The molecule has 2 amide bonds. The molecule has 6 nitrogen and oxygen atoms in total. The van der Waals surface area contributed by atoms with E-state index in [0.29, 0.717) is 18.9 Å². The molecule has 1 aromatic rings. The minimum atomic E-state index is -0.226. The molecule has 1 aromatic carbocycles. The third-order valence-electron chi connectivity index (χ3n) is 4.00. The Kier molecular flexibility index (Phi) is 5.77. The first kappa shape index (κ1) is 16.3. The van der Waals surface area contributed by atoms with Gasteiger partial charge in [0, 0.05) is 57.0 Å². The van der Waals surface area contributed by atoms with Crippen molar-refractivity contribution in [2.45, 2.75) is 12.8 Å². The van der Waals surface area contributed by atoms with Crippen molar-refractivity contribution in [3.63, 3.8) is 0 Å². The molecule has 1 fully saturated rings. The van der Waals surface area contributed by atoms with Crippen molar-refractivity contribution < 1.29 is 14.7 Å². The Balaban J connectivity index is 2.08. The quantitative estimate of drug-likeness (QED) is 0.776. The number of carbonyl (C=O) groups is 2. The molecule has 1 aliphatic rings. The zero-order chi connectivity index (χ0) is 15.9. The Morgan fingerprint density at radius 1 is 1.45 bits per heavy atom. The summed E-state index contributed by atoms with van der Waals surface area (Å²) in [7, 11) is 1.57. The molecule has 2 rings (SSSR count). The fourth-order valence-electron chi connectivity index (χ4n) is 2.72. The highest BCUT2D eigenvalue weighted by Crippen LogP contribution is 2.26. The third kappa shape index (κ3) is 3.76. The Morgan fingerprint density at radius 2 is 2.18 bits per heavy atom. The first-order valence-electron chi connectivity index (χ1n) is 7.58. The van der Waals surface area contributed by atoms with E-state index in [2.05, 4.69) is 10.2 Å². The first-order chi connectivity index (χ1) is 10.7. The summed E-state index contributed by atoms with van der Waals surface area (Å²) < 4.78 is 0. The van der Waals surface area contributed by atoms with E-state index in [1.54, 1.807) is 11.9 Å². The highest BCUT2D eigenvalue weighted by Gasteiger charge is 2.22. The standard InChI is InChI=1S/C16H23N3O3/c1-17-16(22)19(8-2-10-20)15-5-3-14(4-6-15)18-9-7-13(11-18)12-21/h3-6,10,13,21H,2,7-9,11-12H2,1H3,(H,17,22). The number of amides is 2. The van der Waals surface area contributed by atoms with E-state index < -0.39 is 0 Å². The molecule has 1 aliphatic heterocycles. The van der Waals surface area contributed by atoms with Crippen molar-refractivity contribution in [2.75, 3.05) is 43.1 Å². The lowest BCUT2D eigenvalue weighted by atomic mass is 10.1. The molecule has 1 atom stereocenters. The molecule has 0 bridgehead atoms. The molecular weight excluding hydrogens is 282 g/mol. The molecule has 0 radical (unpaired) electrons. The van der Waals surface area contributed by atoms with E-state index in [9.17, 15) is 14.7 Å². The zero-order valence-electron chi connectivity index (χ0n) is 12.9. The van der Waals surface area contributed by atoms with Crippen LogP contribution in [0.3, 0.4) is 0 Å². The van der Waals surface area contributed by atoms with Crippen molar-refractivity contribution in [1.29, 1.82) is 0 Å². The van der Waals surface area contributed by atoms with Crippen molar-refractivity contribution in [1.82, 2.24) is 5.32 Å². The SMILES string of the molecule is CNC(=O)N(CCC=O)c1ccc(N2CCC(CO)C2)cc1. The fourth-order valence-corrected chi connectivity index (χ4v) is 2.72. The number of anilines is 2. The molecule has 22 heavy (non-hydrogen) atoms. The molecule has 1 unspecified atom stereocenters. The van der Waals surface area contributed by atoms with Crippen molar-refractivity contribution in [3.05, 3.63) is 24.3 Å². The summed E-state index contributed by atoms with van der Waals surface area (Å²) >= 11 is 0. The maximum atomic E-state index is 11.9. The predicted octanol–water partition coefficient (Wildman–Crippen LogP) is 1.24. The van der Waals surface area contributed by atoms with E-state index >= 15 is 0 Å². The van der Waals surface area contributed by atoms with Gasteiger partial charge >= 0.3 is 6.03 Å². The van der Waals surface area contributed by atoms with Gasteiger partial charge in [0.25, 0.3) is 0 Å². The molecule has 120 valence electrons. The summed E-state index contributed by atoms with van der Waals surface area (Å²) in [5.74, 6) is 0.342. The molecule has 0 aliphatic carbocycles. The Hall–Kier alpha value is -2.08. The van der Waals surface area contributed by atoms with Crippen LogP contribution in [0.4, 0.5) is 16.2 Å². The van der Waals surface area contributed by atoms with Crippen LogP contribution in [-0.4, -0.2) is 50.7 Å². The Morgan fingerprint density at radius 3 is 2.73 bits per heavy atom. The molecule has 2 N–H and O–H groups in total. The number of hydrogen-bond donors (Lipinski definition) is 2. The van der Waals surface area contributed by atoms with Crippen LogP contribution in [0.15, 0.2) is 24.3 Å². The van der Waals surface area contributed by atoms with Gasteiger partial charge in [-0.05, 0) is 30.7 Å². The summed E-state index contributed by atoms with van der Waals surface area (Å²) in [6.45, 7) is 2.39. The number of aliphatic hydroxyl groups is 1. The van der Waals surface area contributed by atoms with Gasteiger partial charge in [0.2, 0.25) is 0 Å². The van der Waals surface area contributed by atoms with E-state index in [4.69, 9.17) is 0 Å². The van der Waals surface area contributed by atoms with Gasteiger partial charge in [-0.15, -0.1) is 0 Å². The van der Waals surface area contributed by atoms with Gasteiger partial charge in [-0.2, -0.15) is 0 Å². The molecule has 1 saturated heterocycles. The maximum absolute atomic E-state index is 11.9. The van der Waals surface area contributed by atoms with Gasteiger partial charge in [0.1, 0.15) is 6.29 Å². The summed E-state index contributed by atoms with van der Waals surface area (Å²) in [6.07, 6.45) is 2.12. The molecule has 6 heteroatoms. The van der Waals surface area contributed by atoms with Gasteiger partial charge in [-0.1, -0.05) is 0 Å². The van der Waals surface area contributed by atoms with Crippen LogP contribution < -0.4 is 15.1 Å². The second kappa shape index (κ2) is 7.79. The van der Waals surface area contributed by atoms with Crippen LogP contribution in [0.25, 0.3) is 0 Å². The van der Waals surface area contributed by atoms with E-state index in [1.165, 1.54) is 0 Å². The molecule has 0 aromatic heterocycles. The Labute approximate surface area is 130 Å². The van der Waals surface area contributed by atoms with Crippen LogP contribution in [0.1, 0.15) is 12.8 Å². The number of aldehydes is 1. The lowest BCUT2D eigenvalue weighted by molar-refractivity contribution is -0.107. The lowest BCUT2D eigenvalue weighted by Crippen LogP contribution is -2.39. The van der Waals surface area contributed by atoms with Crippen molar-refractivity contribution >= 4 is 23.7 Å². The number of carbonyl (C=O) groups excluding carboxylic acids is 2. The van der Waals surface area contributed by atoms with Gasteiger partial charge in [-0.25, -0.2) is 4.79 Å². The zero-order valence-corrected chi connectivity index (χ0v) is 12.9. The number of hydrogen-bond acceptors (Lipinski definition) is 4. The van der Waals surface area contributed by atoms with Crippen LogP contribution >= 0.6 is 0 Å². The van der Waals surface area contributed by atoms with Gasteiger partial charge in [0.05, 0.1) is 0 Å². The second-order valence-electron chi connectivity index (χ2n) is 5.46. The second-order valence-corrected chi connectivity index (χ2v) is 5.46. The van der Waals surface area contributed by atoms with Crippen molar-refractivity contribution in [2.24, 2.45) is 5.92 Å². The highest BCUT2D eigenvalue weighted by atomic mass is 16.3. The highest BCUT2D eigenvalue weighted by molar-refractivity contribution is 5.92.